The molecule has 8 nitrogen and oxygen atoms in total. The minimum absolute atomic E-state index is 0.0418. The molecule has 0 aliphatic carbocycles. The highest BCUT2D eigenvalue weighted by atomic mass is 32.2. The van der Waals surface area contributed by atoms with Crippen molar-refractivity contribution >= 4 is 23.4 Å². The topological polar surface area (TPSA) is 93.9 Å². The van der Waals surface area contributed by atoms with E-state index in [1.807, 2.05) is 12.3 Å². The van der Waals surface area contributed by atoms with Crippen LogP contribution >= 0.6 is 11.8 Å². The first kappa shape index (κ1) is 24.5. The van der Waals surface area contributed by atoms with Gasteiger partial charge in [-0.25, -0.2) is 0 Å². The van der Waals surface area contributed by atoms with E-state index >= 15 is 0 Å². The van der Waals surface area contributed by atoms with Crippen LogP contribution in [0.25, 0.3) is 0 Å². The molecule has 31 heavy (non-hydrogen) atoms. The number of carbonyl (C=O) groups excluding carboxylic acids is 1. The Morgan fingerprint density at radius 1 is 1.16 bits per heavy atom. The van der Waals surface area contributed by atoms with Crippen molar-refractivity contribution in [2.24, 2.45) is 0 Å². The first-order valence-electron chi connectivity index (χ1n) is 10.1. The molecule has 0 saturated heterocycles. The molecule has 0 spiro atoms. The average Bonchev–Trinajstić information content (AvgIpc) is 2.80. The maximum Gasteiger partial charge on any atom is 0.282 e. The number of nitrogens with one attached hydrogen (secondary N) is 1. The molecule has 0 saturated carbocycles. The van der Waals surface area contributed by atoms with Gasteiger partial charge in [-0.2, -0.15) is 0 Å². The maximum absolute atomic E-state index is 12.6. The van der Waals surface area contributed by atoms with Crippen LogP contribution in [-0.4, -0.2) is 55.3 Å². The fraction of sp³-hybridized carbons (Fsp3) is 0.409. The molecule has 0 atom stereocenters. The molecule has 168 valence electrons. The van der Waals surface area contributed by atoms with Gasteiger partial charge >= 0.3 is 0 Å². The normalized spacial score (nSPS) is 10.7. The molecule has 9 heteroatoms. The Balaban J connectivity index is 2.05. The number of hydrogen-bond donors (Lipinski definition) is 1. The summed E-state index contributed by atoms with van der Waals surface area (Å²) in [5.41, 5.74) is 0.620. The van der Waals surface area contributed by atoms with Crippen LogP contribution in [0.1, 0.15) is 29.8 Å². The summed E-state index contributed by atoms with van der Waals surface area (Å²) in [4.78, 5) is 26.4. The molecule has 0 aliphatic rings. The van der Waals surface area contributed by atoms with E-state index in [1.54, 1.807) is 25.3 Å². The van der Waals surface area contributed by atoms with Gasteiger partial charge in [-0.3, -0.25) is 14.9 Å². The van der Waals surface area contributed by atoms with Crippen molar-refractivity contribution in [1.29, 1.82) is 0 Å². The highest BCUT2D eigenvalue weighted by molar-refractivity contribution is 7.98. The summed E-state index contributed by atoms with van der Waals surface area (Å²) < 4.78 is 11.3. The molecule has 2 aromatic carbocycles. The molecule has 0 radical (unpaired) electrons. The summed E-state index contributed by atoms with van der Waals surface area (Å²) in [6.45, 7) is 7.72. The van der Waals surface area contributed by atoms with Crippen molar-refractivity contribution in [3.05, 3.63) is 57.6 Å². The molecule has 1 N–H and O–H groups in total. The second-order valence-electron chi connectivity index (χ2n) is 6.68. The van der Waals surface area contributed by atoms with Gasteiger partial charge < -0.3 is 19.7 Å². The van der Waals surface area contributed by atoms with Gasteiger partial charge in [0.1, 0.15) is 12.2 Å². The predicted octanol–water partition coefficient (Wildman–Crippen LogP) is 3.98. The van der Waals surface area contributed by atoms with E-state index in [0.29, 0.717) is 18.1 Å². The van der Waals surface area contributed by atoms with E-state index in [2.05, 4.69) is 24.1 Å². The van der Waals surface area contributed by atoms with E-state index in [1.165, 1.54) is 23.9 Å². The van der Waals surface area contributed by atoms with Crippen LogP contribution in [0.4, 0.5) is 5.69 Å². The Morgan fingerprint density at radius 3 is 2.52 bits per heavy atom. The second kappa shape index (κ2) is 12.2. The van der Waals surface area contributed by atoms with Crippen LogP contribution in [0.5, 0.6) is 11.5 Å². The molecular formula is C22H29N3O5S. The van der Waals surface area contributed by atoms with Crippen LogP contribution in [-0.2, 0) is 6.54 Å². The van der Waals surface area contributed by atoms with Gasteiger partial charge in [-0.15, -0.1) is 11.8 Å². The van der Waals surface area contributed by atoms with Gasteiger partial charge in [0.05, 0.1) is 12.0 Å². The number of carbonyl (C=O) groups is 1. The number of nitro benzene ring substituents is 1. The number of amides is 1. The zero-order valence-corrected chi connectivity index (χ0v) is 19.2. The van der Waals surface area contributed by atoms with E-state index < -0.39 is 10.8 Å². The first-order chi connectivity index (χ1) is 14.9. The number of likely N-dealkylation sites (N-methyl/N-ethyl adjacent to an activating group) is 1. The second-order valence-corrected chi connectivity index (χ2v) is 7.56. The Hall–Kier alpha value is -2.78. The van der Waals surface area contributed by atoms with Crippen LogP contribution in [0.15, 0.2) is 41.3 Å². The third kappa shape index (κ3) is 6.86. The van der Waals surface area contributed by atoms with Crippen LogP contribution in [0, 0.1) is 10.1 Å². The molecule has 0 fully saturated rings. The average molecular weight is 448 g/mol. The van der Waals surface area contributed by atoms with E-state index in [-0.39, 0.29) is 17.8 Å². The van der Waals surface area contributed by atoms with Gasteiger partial charge in [0, 0.05) is 24.1 Å². The number of rotatable bonds is 12. The van der Waals surface area contributed by atoms with Crippen molar-refractivity contribution < 1.29 is 19.2 Å². The van der Waals surface area contributed by atoms with Crippen molar-refractivity contribution in [1.82, 2.24) is 10.2 Å². The SMILES string of the molecule is CCN(CC)CCOc1ccc(CNC(=O)c2cc(SC)ccc2[N+](=O)[O-])cc1OC. The molecule has 2 rings (SSSR count). The minimum Gasteiger partial charge on any atom is -0.493 e. The Bertz CT molecular complexity index is 903. The minimum atomic E-state index is -0.549. The number of hydrogen-bond acceptors (Lipinski definition) is 7. The molecular weight excluding hydrogens is 418 g/mol. The number of benzene rings is 2. The summed E-state index contributed by atoms with van der Waals surface area (Å²) >= 11 is 1.42. The summed E-state index contributed by atoms with van der Waals surface area (Å²) in [6.07, 6.45) is 1.85. The Morgan fingerprint density at radius 2 is 1.90 bits per heavy atom. The maximum atomic E-state index is 12.6. The lowest BCUT2D eigenvalue weighted by Gasteiger charge is -2.19. The first-order valence-corrected chi connectivity index (χ1v) is 11.3. The van der Waals surface area contributed by atoms with Gasteiger partial charge in [0.15, 0.2) is 11.5 Å². The van der Waals surface area contributed by atoms with Crippen molar-refractivity contribution in [3.63, 3.8) is 0 Å². The molecule has 0 aliphatic heterocycles. The smallest absolute Gasteiger partial charge is 0.282 e. The highest BCUT2D eigenvalue weighted by Gasteiger charge is 2.20. The number of ether oxygens (including phenoxy) is 2. The zero-order valence-electron chi connectivity index (χ0n) is 18.3. The van der Waals surface area contributed by atoms with Gasteiger partial charge in [-0.1, -0.05) is 19.9 Å². The fourth-order valence-corrected chi connectivity index (χ4v) is 3.47. The van der Waals surface area contributed by atoms with Crippen LogP contribution < -0.4 is 14.8 Å². The summed E-state index contributed by atoms with van der Waals surface area (Å²) in [6, 6.07) is 9.95. The van der Waals surface area contributed by atoms with Gasteiger partial charge in [0.2, 0.25) is 0 Å². The van der Waals surface area contributed by atoms with Gasteiger partial charge in [0.25, 0.3) is 11.6 Å². The third-order valence-corrected chi connectivity index (χ3v) is 5.61. The van der Waals surface area contributed by atoms with E-state index in [9.17, 15) is 14.9 Å². The number of nitro groups is 1. The molecule has 2 aromatic rings. The molecule has 0 bridgehead atoms. The Kier molecular flexibility index (Phi) is 9.61. The van der Waals surface area contributed by atoms with E-state index in [0.717, 1.165) is 30.1 Å². The number of methoxy groups -OCH3 is 1. The fourth-order valence-electron chi connectivity index (χ4n) is 3.03. The standard InChI is InChI=1S/C22H29N3O5S/c1-5-24(6-2)11-12-30-20-10-7-16(13-21(20)29-3)15-23-22(26)18-14-17(31-4)8-9-19(18)25(27)28/h7-10,13-14H,5-6,11-12,15H2,1-4H3,(H,23,26). The van der Waals surface area contributed by atoms with Crippen LogP contribution in [0.2, 0.25) is 0 Å². The van der Waals surface area contributed by atoms with Gasteiger partial charge in [-0.05, 0) is 49.2 Å². The Labute approximate surface area is 187 Å². The lowest BCUT2D eigenvalue weighted by molar-refractivity contribution is -0.385. The quantitative estimate of drug-likeness (QED) is 0.299. The molecule has 0 unspecified atom stereocenters. The van der Waals surface area contributed by atoms with Crippen molar-refractivity contribution in [2.75, 3.05) is 39.6 Å². The molecule has 0 heterocycles. The lowest BCUT2D eigenvalue weighted by Crippen LogP contribution is -2.28. The third-order valence-electron chi connectivity index (χ3n) is 4.89. The monoisotopic (exact) mass is 447 g/mol. The van der Waals surface area contributed by atoms with Crippen LogP contribution in [0.3, 0.4) is 0 Å². The van der Waals surface area contributed by atoms with E-state index in [4.69, 9.17) is 9.47 Å². The predicted molar refractivity (Wildman–Crippen MR) is 122 cm³/mol. The lowest BCUT2D eigenvalue weighted by atomic mass is 10.1. The number of thioether (sulfide) groups is 1. The summed E-state index contributed by atoms with van der Waals surface area (Å²) in [5, 5.41) is 14.0. The largest absolute Gasteiger partial charge is 0.493 e. The zero-order chi connectivity index (χ0) is 22.8. The molecule has 0 aromatic heterocycles. The van der Waals surface area contributed by atoms with Crippen molar-refractivity contribution in [3.8, 4) is 11.5 Å². The summed E-state index contributed by atoms with van der Waals surface area (Å²) in [5.74, 6) is 0.704. The number of nitrogens with zero attached hydrogens (tertiary/aromatic N) is 2. The highest BCUT2D eigenvalue weighted by Crippen LogP contribution is 2.28. The summed E-state index contributed by atoms with van der Waals surface area (Å²) in [7, 11) is 1.56. The molecule has 1 amide bonds. The van der Waals surface area contributed by atoms with Crippen molar-refractivity contribution in [2.45, 2.75) is 25.3 Å².